The zero-order valence-electron chi connectivity index (χ0n) is 14.6. The third-order valence-electron chi connectivity index (χ3n) is 3.86. The Bertz CT molecular complexity index is 826. The number of nitrogens with zero attached hydrogens (tertiary/aromatic N) is 1. The number of nitrogens with one attached hydrogen (secondary N) is 2. The molecule has 0 fully saturated rings. The van der Waals surface area contributed by atoms with Gasteiger partial charge in [-0.25, -0.2) is 4.39 Å². The van der Waals surface area contributed by atoms with E-state index in [1.165, 1.54) is 24.3 Å². The molecule has 2 aromatic rings. The van der Waals surface area contributed by atoms with Gasteiger partial charge in [-0.15, -0.1) is 0 Å². The molecular weight excluding hydrogens is 333 g/mol. The second-order valence-corrected chi connectivity index (χ2v) is 6.23. The van der Waals surface area contributed by atoms with Gasteiger partial charge in [0.05, 0.1) is 11.6 Å². The van der Waals surface area contributed by atoms with Crippen molar-refractivity contribution in [1.82, 2.24) is 10.6 Å². The maximum absolute atomic E-state index is 13.0. The molecule has 2 aromatic carbocycles. The molecule has 0 aliphatic heterocycles. The molecule has 134 valence electrons. The van der Waals surface area contributed by atoms with Crippen molar-refractivity contribution in [2.45, 2.75) is 26.4 Å². The maximum atomic E-state index is 13.0. The molecule has 26 heavy (non-hydrogen) atoms. The van der Waals surface area contributed by atoms with Gasteiger partial charge in [0.1, 0.15) is 11.9 Å². The predicted molar refractivity (Wildman–Crippen MR) is 95.5 cm³/mol. The van der Waals surface area contributed by atoms with Gasteiger partial charge in [-0.05, 0) is 47.9 Å². The summed E-state index contributed by atoms with van der Waals surface area (Å²) in [7, 11) is 0. The van der Waals surface area contributed by atoms with Crippen LogP contribution in [0.5, 0.6) is 0 Å². The van der Waals surface area contributed by atoms with Crippen molar-refractivity contribution in [3.05, 3.63) is 71.0 Å². The van der Waals surface area contributed by atoms with Crippen molar-refractivity contribution in [3.8, 4) is 6.07 Å². The smallest absolute Gasteiger partial charge is 0.251 e. The zero-order chi connectivity index (χ0) is 19.1. The van der Waals surface area contributed by atoms with E-state index in [-0.39, 0.29) is 23.9 Å². The van der Waals surface area contributed by atoms with Gasteiger partial charge in [-0.1, -0.05) is 26.0 Å². The van der Waals surface area contributed by atoms with Gasteiger partial charge >= 0.3 is 0 Å². The van der Waals surface area contributed by atoms with E-state index in [1.54, 1.807) is 18.2 Å². The summed E-state index contributed by atoms with van der Waals surface area (Å²) in [4.78, 5) is 24.8. The van der Waals surface area contributed by atoms with Crippen LogP contribution in [0.15, 0.2) is 48.5 Å². The van der Waals surface area contributed by atoms with Crippen LogP contribution < -0.4 is 10.6 Å². The van der Waals surface area contributed by atoms with Crippen molar-refractivity contribution >= 4 is 11.8 Å². The van der Waals surface area contributed by atoms with E-state index >= 15 is 0 Å². The van der Waals surface area contributed by atoms with Gasteiger partial charge < -0.3 is 10.6 Å². The second-order valence-electron chi connectivity index (χ2n) is 6.23. The Labute approximate surface area is 151 Å². The summed E-state index contributed by atoms with van der Waals surface area (Å²) in [6, 6.07) is 13.4. The Hall–Kier alpha value is -3.20. The molecule has 6 heteroatoms. The van der Waals surface area contributed by atoms with E-state index in [9.17, 15) is 14.0 Å². The normalized spacial score (nSPS) is 11.5. The Morgan fingerprint density at radius 1 is 1.15 bits per heavy atom. The van der Waals surface area contributed by atoms with Crippen molar-refractivity contribution in [3.63, 3.8) is 0 Å². The number of benzene rings is 2. The lowest BCUT2D eigenvalue weighted by Gasteiger charge is -2.22. The molecule has 2 amide bonds. The Morgan fingerprint density at radius 3 is 2.46 bits per heavy atom. The molecule has 1 unspecified atom stereocenters. The molecule has 0 aromatic heterocycles. The number of amides is 2. The summed E-state index contributed by atoms with van der Waals surface area (Å²) in [5.74, 6) is -1.33. The van der Waals surface area contributed by atoms with Crippen LogP contribution in [-0.2, 0) is 11.3 Å². The van der Waals surface area contributed by atoms with Crippen molar-refractivity contribution in [1.29, 1.82) is 5.26 Å². The van der Waals surface area contributed by atoms with E-state index in [2.05, 4.69) is 10.6 Å². The van der Waals surface area contributed by atoms with E-state index in [1.807, 2.05) is 26.0 Å². The number of hydrogen-bond donors (Lipinski definition) is 2. The monoisotopic (exact) mass is 353 g/mol. The van der Waals surface area contributed by atoms with Gasteiger partial charge in [-0.2, -0.15) is 5.26 Å². The van der Waals surface area contributed by atoms with Crippen LogP contribution in [0.4, 0.5) is 4.39 Å². The number of carbonyl (C=O) groups is 2. The number of rotatable bonds is 6. The number of carbonyl (C=O) groups excluding carboxylic acids is 2. The quantitative estimate of drug-likeness (QED) is 0.838. The highest BCUT2D eigenvalue weighted by atomic mass is 19.1. The second kappa shape index (κ2) is 8.77. The summed E-state index contributed by atoms with van der Waals surface area (Å²) in [6.45, 7) is 3.90. The first-order valence-corrected chi connectivity index (χ1v) is 8.24. The summed E-state index contributed by atoms with van der Waals surface area (Å²) >= 11 is 0. The third-order valence-corrected chi connectivity index (χ3v) is 3.86. The summed E-state index contributed by atoms with van der Waals surface area (Å²) in [6.07, 6.45) is 0. The first-order valence-electron chi connectivity index (χ1n) is 8.24. The van der Waals surface area contributed by atoms with Crippen LogP contribution in [0.25, 0.3) is 0 Å². The molecular formula is C20H20FN3O2. The Kier molecular flexibility index (Phi) is 6.45. The fourth-order valence-electron chi connectivity index (χ4n) is 2.41. The van der Waals surface area contributed by atoms with Gasteiger partial charge in [0.25, 0.3) is 5.91 Å². The molecule has 2 rings (SSSR count). The first kappa shape index (κ1) is 19.1. The molecule has 0 saturated carbocycles. The molecule has 5 nitrogen and oxygen atoms in total. The summed E-state index contributed by atoms with van der Waals surface area (Å²) in [5.41, 5.74) is 1.60. The van der Waals surface area contributed by atoms with Crippen molar-refractivity contribution < 1.29 is 14.0 Å². The zero-order valence-corrected chi connectivity index (χ0v) is 14.6. The largest absolute Gasteiger partial charge is 0.350 e. The van der Waals surface area contributed by atoms with E-state index in [0.29, 0.717) is 5.56 Å². The van der Waals surface area contributed by atoms with Gasteiger partial charge in [0.15, 0.2) is 0 Å². The van der Waals surface area contributed by atoms with E-state index in [4.69, 9.17) is 5.26 Å². The topological polar surface area (TPSA) is 82.0 Å². The van der Waals surface area contributed by atoms with Crippen LogP contribution in [-0.4, -0.2) is 17.9 Å². The minimum absolute atomic E-state index is 0.134. The lowest BCUT2D eigenvalue weighted by molar-refractivity contribution is -0.124. The fraction of sp³-hybridized carbons (Fsp3) is 0.250. The average molecular weight is 353 g/mol. The highest BCUT2D eigenvalue weighted by Gasteiger charge is 2.24. The lowest BCUT2D eigenvalue weighted by Crippen LogP contribution is -2.49. The standard InChI is InChI=1S/C20H20FN3O2/c1-13(2)18(24-19(25)16-6-8-17(21)9-7-16)20(26)23-12-15-5-3-4-14(10-15)11-22/h3-10,13,18H,12H2,1-2H3,(H,23,26)(H,24,25). The maximum Gasteiger partial charge on any atom is 0.251 e. The Balaban J connectivity index is 2.01. The van der Waals surface area contributed by atoms with Crippen molar-refractivity contribution in [2.24, 2.45) is 5.92 Å². The molecule has 1 atom stereocenters. The van der Waals surface area contributed by atoms with Gasteiger partial charge in [-0.3, -0.25) is 9.59 Å². The van der Waals surface area contributed by atoms with Crippen LogP contribution in [0, 0.1) is 23.1 Å². The molecule has 0 spiro atoms. The number of nitriles is 1. The summed E-state index contributed by atoms with van der Waals surface area (Å²) < 4.78 is 13.0. The molecule has 0 radical (unpaired) electrons. The molecule has 0 saturated heterocycles. The van der Waals surface area contributed by atoms with E-state index in [0.717, 1.165) is 5.56 Å². The SMILES string of the molecule is CC(C)C(NC(=O)c1ccc(F)cc1)C(=O)NCc1cccc(C#N)c1. The van der Waals surface area contributed by atoms with Crippen LogP contribution in [0.2, 0.25) is 0 Å². The van der Waals surface area contributed by atoms with Crippen molar-refractivity contribution in [2.75, 3.05) is 0 Å². The predicted octanol–water partition coefficient (Wildman–Crippen LogP) is 2.77. The fourth-order valence-corrected chi connectivity index (χ4v) is 2.41. The molecule has 0 heterocycles. The van der Waals surface area contributed by atoms with Crippen LogP contribution >= 0.6 is 0 Å². The van der Waals surface area contributed by atoms with E-state index < -0.39 is 17.8 Å². The average Bonchev–Trinajstić information content (AvgIpc) is 2.64. The van der Waals surface area contributed by atoms with Crippen LogP contribution in [0.3, 0.4) is 0 Å². The molecule has 0 bridgehead atoms. The highest BCUT2D eigenvalue weighted by molar-refractivity contribution is 5.97. The number of halogens is 1. The Morgan fingerprint density at radius 2 is 1.85 bits per heavy atom. The molecule has 0 aliphatic carbocycles. The van der Waals surface area contributed by atoms with Gasteiger partial charge in [0.2, 0.25) is 5.91 Å². The lowest BCUT2D eigenvalue weighted by atomic mass is 10.0. The third kappa shape index (κ3) is 5.15. The highest BCUT2D eigenvalue weighted by Crippen LogP contribution is 2.08. The molecule has 2 N–H and O–H groups in total. The van der Waals surface area contributed by atoms with Gasteiger partial charge in [0, 0.05) is 12.1 Å². The minimum Gasteiger partial charge on any atom is -0.350 e. The summed E-state index contributed by atoms with van der Waals surface area (Å²) in [5, 5.41) is 14.4. The molecule has 0 aliphatic rings. The number of hydrogen-bond acceptors (Lipinski definition) is 3. The first-order chi connectivity index (χ1) is 12.4. The minimum atomic E-state index is -0.730. The van der Waals surface area contributed by atoms with Crippen LogP contribution in [0.1, 0.15) is 35.3 Å².